The van der Waals surface area contributed by atoms with Crippen LogP contribution in [0.25, 0.3) is 17.1 Å². The van der Waals surface area contributed by atoms with Gasteiger partial charge in [0.25, 0.3) is 0 Å². The largest absolute Gasteiger partial charge is 0.465 e. The Balaban J connectivity index is 1.61. The van der Waals surface area contributed by atoms with E-state index in [4.69, 9.17) is 16.6 Å². The van der Waals surface area contributed by atoms with Crippen LogP contribution in [0.1, 0.15) is 5.76 Å². The van der Waals surface area contributed by atoms with E-state index >= 15 is 0 Å². The fraction of sp³-hybridized carbons (Fsp3) is 0. The van der Waals surface area contributed by atoms with Crippen LogP contribution in [-0.2, 0) is 4.79 Å². The van der Waals surface area contributed by atoms with Gasteiger partial charge in [-0.1, -0.05) is 0 Å². The average Bonchev–Trinajstić information content (AvgIpc) is 3.12. The van der Waals surface area contributed by atoms with Gasteiger partial charge in [0.05, 0.1) is 17.3 Å². The summed E-state index contributed by atoms with van der Waals surface area (Å²) in [5.41, 5.74) is 1.70. The van der Waals surface area contributed by atoms with Crippen LogP contribution < -0.4 is 16.3 Å². The maximum atomic E-state index is 11.7. The highest BCUT2D eigenvalue weighted by Gasteiger charge is 2.04. The molecular weight excluding hydrogens is 316 g/mol. The maximum Gasteiger partial charge on any atom is 0.323 e. The second-order valence-electron chi connectivity index (χ2n) is 4.63. The van der Waals surface area contributed by atoms with E-state index in [2.05, 4.69) is 20.6 Å². The highest BCUT2D eigenvalue weighted by atomic mass is 32.1. The van der Waals surface area contributed by atoms with Crippen molar-refractivity contribution < 1.29 is 9.21 Å². The van der Waals surface area contributed by atoms with Gasteiger partial charge in [-0.3, -0.25) is 10.1 Å². The normalized spacial score (nSPS) is 11.0. The zero-order chi connectivity index (χ0) is 16.2. The number of aromatic nitrogens is 2. The molecule has 2 heterocycles. The first-order chi connectivity index (χ1) is 11.1. The lowest BCUT2D eigenvalue weighted by Crippen LogP contribution is -2.32. The number of imidazole rings is 1. The van der Waals surface area contributed by atoms with Crippen molar-refractivity contribution in [2.75, 3.05) is 5.32 Å². The van der Waals surface area contributed by atoms with Crippen LogP contribution in [0.4, 0.5) is 5.69 Å². The maximum absolute atomic E-state index is 11.7. The number of nitrogens with one attached hydrogen (secondary N) is 4. The molecule has 23 heavy (non-hydrogen) atoms. The lowest BCUT2D eigenvalue weighted by atomic mass is 10.3. The van der Waals surface area contributed by atoms with Gasteiger partial charge in [0.15, 0.2) is 5.11 Å². The van der Waals surface area contributed by atoms with E-state index < -0.39 is 0 Å². The van der Waals surface area contributed by atoms with Gasteiger partial charge in [0.1, 0.15) is 5.76 Å². The predicted octanol–water partition coefficient (Wildman–Crippen LogP) is 1.98. The monoisotopic (exact) mass is 328 g/mol. The Morgan fingerprint density at radius 3 is 2.83 bits per heavy atom. The number of rotatable bonds is 3. The summed E-state index contributed by atoms with van der Waals surface area (Å²) < 4.78 is 5.08. The van der Waals surface area contributed by atoms with Crippen LogP contribution in [0.3, 0.4) is 0 Å². The number of benzene rings is 1. The second-order valence-corrected chi connectivity index (χ2v) is 5.04. The van der Waals surface area contributed by atoms with Gasteiger partial charge >= 0.3 is 5.69 Å². The number of hydrogen-bond acceptors (Lipinski definition) is 4. The molecular formula is C15H12N4O3S. The van der Waals surface area contributed by atoms with Crippen molar-refractivity contribution in [1.29, 1.82) is 0 Å². The number of carbonyl (C=O) groups excluding carboxylic acids is 1. The van der Waals surface area contributed by atoms with Crippen LogP contribution in [-0.4, -0.2) is 21.0 Å². The molecule has 0 saturated carbocycles. The zero-order valence-electron chi connectivity index (χ0n) is 11.8. The van der Waals surface area contributed by atoms with Crippen molar-refractivity contribution in [1.82, 2.24) is 15.3 Å². The number of aromatic amines is 2. The van der Waals surface area contributed by atoms with E-state index in [0.29, 0.717) is 22.5 Å². The summed E-state index contributed by atoms with van der Waals surface area (Å²) in [6.45, 7) is 0. The molecule has 0 bridgehead atoms. The Kier molecular flexibility index (Phi) is 4.07. The second kappa shape index (κ2) is 6.32. The SMILES string of the molecule is O=C(/C=C/c1ccco1)NC(=S)Nc1ccc2[nH]c(=O)[nH]c2c1. The van der Waals surface area contributed by atoms with Gasteiger partial charge in [-0.05, 0) is 48.6 Å². The number of H-pyrrole nitrogens is 2. The number of amides is 1. The molecule has 2 aromatic heterocycles. The number of fused-ring (bicyclic) bond motifs is 1. The third-order valence-electron chi connectivity index (χ3n) is 2.95. The molecule has 8 heteroatoms. The molecule has 0 fully saturated rings. The van der Waals surface area contributed by atoms with E-state index in [1.807, 2.05) is 0 Å². The summed E-state index contributed by atoms with van der Waals surface area (Å²) in [5.74, 6) is 0.191. The Labute approximate surface area is 135 Å². The fourth-order valence-corrected chi connectivity index (χ4v) is 2.19. The summed E-state index contributed by atoms with van der Waals surface area (Å²) >= 11 is 5.07. The number of anilines is 1. The highest BCUT2D eigenvalue weighted by Crippen LogP contribution is 2.14. The van der Waals surface area contributed by atoms with Crippen LogP contribution in [0, 0.1) is 0 Å². The summed E-state index contributed by atoms with van der Waals surface area (Å²) in [4.78, 5) is 28.2. The minimum absolute atomic E-state index is 0.149. The first-order valence-corrected chi connectivity index (χ1v) is 7.06. The van der Waals surface area contributed by atoms with E-state index in [1.165, 1.54) is 18.4 Å². The molecule has 4 N–H and O–H groups in total. The lowest BCUT2D eigenvalue weighted by Gasteiger charge is -2.07. The summed E-state index contributed by atoms with van der Waals surface area (Å²) in [6.07, 6.45) is 4.37. The number of furan rings is 1. The Morgan fingerprint density at radius 1 is 1.22 bits per heavy atom. The van der Waals surface area contributed by atoms with E-state index in [9.17, 15) is 9.59 Å². The van der Waals surface area contributed by atoms with Crippen LogP contribution in [0.2, 0.25) is 0 Å². The summed E-state index contributed by atoms with van der Waals surface area (Å²) in [7, 11) is 0. The molecule has 0 spiro atoms. The van der Waals surface area contributed by atoms with Gasteiger partial charge in [-0.15, -0.1) is 0 Å². The average molecular weight is 328 g/mol. The smallest absolute Gasteiger partial charge is 0.323 e. The predicted molar refractivity (Wildman–Crippen MR) is 91.0 cm³/mol. The molecule has 3 rings (SSSR count). The molecule has 0 aliphatic rings. The molecule has 0 aliphatic carbocycles. The van der Waals surface area contributed by atoms with Crippen LogP contribution >= 0.6 is 12.2 Å². The highest BCUT2D eigenvalue weighted by molar-refractivity contribution is 7.80. The van der Waals surface area contributed by atoms with E-state index in [0.717, 1.165) is 0 Å². The molecule has 0 saturated heterocycles. The Hall–Kier alpha value is -3.13. The van der Waals surface area contributed by atoms with Crippen LogP contribution in [0.5, 0.6) is 0 Å². The molecule has 116 valence electrons. The van der Waals surface area contributed by atoms with E-state index in [-0.39, 0.29) is 16.7 Å². The topological polar surface area (TPSA) is 103 Å². The Morgan fingerprint density at radius 2 is 2.04 bits per heavy atom. The van der Waals surface area contributed by atoms with Gasteiger partial charge in [-0.2, -0.15) is 0 Å². The van der Waals surface area contributed by atoms with E-state index in [1.54, 1.807) is 30.3 Å². The van der Waals surface area contributed by atoms with Crippen molar-refractivity contribution in [2.45, 2.75) is 0 Å². The zero-order valence-corrected chi connectivity index (χ0v) is 12.6. The fourth-order valence-electron chi connectivity index (χ4n) is 1.97. The van der Waals surface area contributed by atoms with Crippen molar-refractivity contribution in [3.63, 3.8) is 0 Å². The van der Waals surface area contributed by atoms with Crippen molar-refractivity contribution in [3.05, 3.63) is 58.9 Å². The minimum atomic E-state index is -0.380. The van der Waals surface area contributed by atoms with Gasteiger partial charge in [-0.25, -0.2) is 4.79 Å². The number of hydrogen-bond donors (Lipinski definition) is 4. The first kappa shape index (κ1) is 14.8. The van der Waals surface area contributed by atoms with Crippen molar-refractivity contribution in [3.8, 4) is 0 Å². The number of carbonyl (C=O) groups is 1. The molecule has 0 aliphatic heterocycles. The Bertz CT molecular complexity index is 937. The number of thiocarbonyl (C=S) groups is 1. The molecule has 1 aromatic carbocycles. The molecule has 7 nitrogen and oxygen atoms in total. The third kappa shape index (κ3) is 3.74. The summed E-state index contributed by atoms with van der Waals surface area (Å²) in [5, 5.41) is 5.54. The van der Waals surface area contributed by atoms with Crippen molar-refractivity contribution in [2.24, 2.45) is 0 Å². The molecule has 1 amide bonds. The molecule has 0 radical (unpaired) electrons. The standard InChI is InChI=1S/C15H12N4O3S/c20-13(6-4-10-2-1-7-22-10)19-15(23)16-9-3-5-11-12(8-9)18-14(21)17-11/h1-8H,(H2,17,18,21)(H2,16,19,20,23)/b6-4+. The molecule has 3 aromatic rings. The van der Waals surface area contributed by atoms with Gasteiger partial charge in [0.2, 0.25) is 5.91 Å². The quantitative estimate of drug-likeness (QED) is 0.435. The minimum Gasteiger partial charge on any atom is -0.465 e. The summed E-state index contributed by atoms with van der Waals surface area (Å²) in [6, 6.07) is 8.64. The van der Waals surface area contributed by atoms with Gasteiger partial charge in [0, 0.05) is 11.8 Å². The van der Waals surface area contributed by atoms with Crippen LogP contribution in [0.15, 0.2) is 51.9 Å². The molecule has 0 unspecified atom stereocenters. The lowest BCUT2D eigenvalue weighted by molar-refractivity contribution is -0.115. The van der Waals surface area contributed by atoms with Crippen molar-refractivity contribution >= 4 is 46.0 Å². The van der Waals surface area contributed by atoms with Gasteiger partial charge < -0.3 is 19.7 Å². The third-order valence-corrected chi connectivity index (χ3v) is 3.16. The first-order valence-electron chi connectivity index (χ1n) is 6.66. The molecule has 0 atom stereocenters.